The first kappa shape index (κ1) is 25.0. The Morgan fingerprint density at radius 3 is 2.49 bits per heavy atom. The third kappa shape index (κ3) is 5.87. The molecular formula is C28H27ClN4O3S. The number of carbonyl (C=O) groups excluding carboxylic acids is 1. The summed E-state index contributed by atoms with van der Waals surface area (Å²) in [6.07, 6.45) is 0.621. The first-order valence-corrected chi connectivity index (χ1v) is 13.2. The van der Waals surface area contributed by atoms with Crippen LogP contribution < -0.4 is 14.4 Å². The summed E-state index contributed by atoms with van der Waals surface area (Å²) in [5, 5.41) is 1.12. The average Bonchev–Trinajstić information content (AvgIpc) is 3.36. The van der Waals surface area contributed by atoms with Gasteiger partial charge in [0.15, 0.2) is 17.3 Å². The fourth-order valence-corrected chi connectivity index (χ4v) is 5.08. The summed E-state index contributed by atoms with van der Waals surface area (Å²) in [4.78, 5) is 21.9. The zero-order valence-electron chi connectivity index (χ0n) is 20.7. The minimum Gasteiger partial charge on any atom is -0.493 e. The Morgan fingerprint density at radius 1 is 1.00 bits per heavy atom. The number of methoxy groups -OCH3 is 1. The highest BCUT2D eigenvalue weighted by atomic mass is 35.5. The monoisotopic (exact) mass is 534 g/mol. The number of rotatable bonds is 7. The lowest BCUT2D eigenvalue weighted by Gasteiger charge is -2.36. The lowest BCUT2D eigenvalue weighted by molar-refractivity contribution is 0.0746. The highest BCUT2D eigenvalue weighted by molar-refractivity contribution is 7.07. The third-order valence-electron chi connectivity index (χ3n) is 6.30. The van der Waals surface area contributed by atoms with E-state index in [9.17, 15) is 4.79 Å². The molecule has 5 rings (SSSR count). The van der Waals surface area contributed by atoms with Gasteiger partial charge in [-0.15, -0.1) is 0 Å². The van der Waals surface area contributed by atoms with Gasteiger partial charge in [-0.25, -0.2) is 0 Å². The normalized spacial score (nSPS) is 13.5. The van der Waals surface area contributed by atoms with Gasteiger partial charge in [0.2, 0.25) is 0 Å². The van der Waals surface area contributed by atoms with E-state index in [1.54, 1.807) is 25.3 Å². The zero-order valence-corrected chi connectivity index (χ0v) is 22.3. The van der Waals surface area contributed by atoms with Crippen molar-refractivity contribution >= 4 is 34.7 Å². The van der Waals surface area contributed by atoms with Crippen molar-refractivity contribution in [3.8, 4) is 16.7 Å². The first-order valence-electron chi connectivity index (χ1n) is 12.0. The van der Waals surface area contributed by atoms with Gasteiger partial charge in [-0.05, 0) is 42.8 Å². The van der Waals surface area contributed by atoms with Crippen molar-refractivity contribution in [1.82, 2.24) is 14.3 Å². The van der Waals surface area contributed by atoms with Crippen LogP contribution in [0.25, 0.3) is 0 Å². The highest BCUT2D eigenvalue weighted by Gasteiger charge is 2.24. The highest BCUT2D eigenvalue weighted by Crippen LogP contribution is 2.34. The smallest absolute Gasteiger partial charge is 0.298 e. The fraction of sp³-hybridized carbons (Fsp3) is 0.250. The average molecular weight is 535 g/mol. The van der Waals surface area contributed by atoms with Crippen LogP contribution in [0.1, 0.15) is 27.3 Å². The molecule has 0 N–H and O–H groups in total. The van der Waals surface area contributed by atoms with E-state index in [1.165, 1.54) is 17.1 Å². The van der Waals surface area contributed by atoms with Gasteiger partial charge in [0.05, 0.1) is 17.8 Å². The van der Waals surface area contributed by atoms with Gasteiger partial charge in [-0.3, -0.25) is 4.79 Å². The quantitative estimate of drug-likeness (QED) is 0.296. The molecule has 7 nitrogen and oxygen atoms in total. The van der Waals surface area contributed by atoms with E-state index >= 15 is 0 Å². The molecule has 37 heavy (non-hydrogen) atoms. The number of hydrogen-bond donors (Lipinski definition) is 0. The van der Waals surface area contributed by atoms with Crippen LogP contribution in [0, 0.1) is 6.92 Å². The number of halogens is 1. The van der Waals surface area contributed by atoms with Crippen molar-refractivity contribution < 1.29 is 14.3 Å². The van der Waals surface area contributed by atoms with Gasteiger partial charge in [-0.1, -0.05) is 53.6 Å². The van der Waals surface area contributed by atoms with Crippen molar-refractivity contribution in [3.05, 3.63) is 94.3 Å². The summed E-state index contributed by atoms with van der Waals surface area (Å²) >= 11 is 7.53. The summed E-state index contributed by atoms with van der Waals surface area (Å²) in [7, 11) is 1.57. The second kappa shape index (κ2) is 11.2. The molecule has 9 heteroatoms. The Kier molecular flexibility index (Phi) is 7.58. The van der Waals surface area contributed by atoms with Crippen molar-refractivity contribution in [2.45, 2.75) is 13.3 Å². The number of piperazine rings is 1. The molecule has 0 aliphatic carbocycles. The van der Waals surface area contributed by atoms with E-state index in [1.807, 2.05) is 29.2 Å². The maximum absolute atomic E-state index is 13.3. The summed E-state index contributed by atoms with van der Waals surface area (Å²) in [6, 6.07) is 21.3. The number of aryl methyl sites for hydroxylation is 1. The summed E-state index contributed by atoms with van der Waals surface area (Å²) in [5.41, 5.74) is 3.87. The van der Waals surface area contributed by atoms with E-state index in [4.69, 9.17) is 21.1 Å². The van der Waals surface area contributed by atoms with Crippen molar-refractivity contribution in [2.75, 3.05) is 38.2 Å². The number of carbonyl (C=O) groups is 1. The van der Waals surface area contributed by atoms with Crippen molar-refractivity contribution in [3.63, 3.8) is 0 Å². The van der Waals surface area contributed by atoms with Crippen LogP contribution in [-0.2, 0) is 6.42 Å². The van der Waals surface area contributed by atoms with Gasteiger partial charge in [0.1, 0.15) is 0 Å². The number of anilines is 1. The van der Waals surface area contributed by atoms with Gasteiger partial charge in [0.25, 0.3) is 11.1 Å². The molecule has 190 valence electrons. The van der Waals surface area contributed by atoms with E-state index in [0.29, 0.717) is 60.7 Å². The maximum atomic E-state index is 13.3. The van der Waals surface area contributed by atoms with Crippen LogP contribution in [0.15, 0.2) is 66.7 Å². The Bertz CT molecular complexity index is 1380. The van der Waals surface area contributed by atoms with Gasteiger partial charge in [-0.2, -0.15) is 9.36 Å². The van der Waals surface area contributed by atoms with E-state index < -0.39 is 0 Å². The molecule has 0 unspecified atom stereocenters. The molecule has 3 aromatic carbocycles. The van der Waals surface area contributed by atoms with Crippen LogP contribution in [-0.4, -0.2) is 53.5 Å². The number of hydrogen-bond acceptors (Lipinski definition) is 7. The van der Waals surface area contributed by atoms with E-state index in [-0.39, 0.29) is 5.91 Å². The topological polar surface area (TPSA) is 67.8 Å². The largest absolute Gasteiger partial charge is 0.493 e. The number of ether oxygens (including phenoxy) is 2. The molecule has 0 bridgehead atoms. The van der Waals surface area contributed by atoms with Crippen molar-refractivity contribution in [1.29, 1.82) is 0 Å². The molecule has 1 aromatic heterocycles. The summed E-state index contributed by atoms with van der Waals surface area (Å²) < 4.78 is 15.9. The van der Waals surface area contributed by atoms with Crippen LogP contribution in [0.4, 0.5) is 5.69 Å². The predicted molar refractivity (Wildman–Crippen MR) is 147 cm³/mol. The lowest BCUT2D eigenvalue weighted by atomic mass is 10.1. The molecule has 4 aromatic rings. The van der Waals surface area contributed by atoms with E-state index in [0.717, 1.165) is 16.3 Å². The Hall–Kier alpha value is -3.62. The molecule has 1 fully saturated rings. The third-order valence-corrected chi connectivity index (χ3v) is 7.25. The number of para-hydroxylation sites is 1. The second-order valence-corrected chi connectivity index (χ2v) is 9.96. The van der Waals surface area contributed by atoms with Crippen LogP contribution in [0.2, 0.25) is 5.02 Å². The van der Waals surface area contributed by atoms with Crippen LogP contribution in [0.3, 0.4) is 0 Å². The summed E-state index contributed by atoms with van der Waals surface area (Å²) in [6.45, 7) is 4.69. The minimum atomic E-state index is -0.0522. The number of amides is 1. The van der Waals surface area contributed by atoms with Crippen LogP contribution >= 0.6 is 23.1 Å². The standard InChI is InChI=1S/C28H27ClN4O3S/c1-19-7-9-20(10-8-19)17-26-30-28(37-31-26)36-25-18-21(11-12-24(25)35-2)27(34)33-15-13-32(14-16-33)23-6-4-3-5-22(23)29/h3-12,18H,13-17H2,1-2H3. The molecule has 0 saturated carbocycles. The maximum Gasteiger partial charge on any atom is 0.298 e. The summed E-state index contributed by atoms with van der Waals surface area (Å²) in [5.74, 6) is 1.59. The molecule has 1 aliphatic rings. The molecule has 1 aliphatic heterocycles. The zero-order chi connectivity index (χ0) is 25.8. The number of nitrogens with zero attached hydrogens (tertiary/aromatic N) is 4. The Morgan fingerprint density at radius 2 is 1.76 bits per heavy atom. The second-order valence-electron chi connectivity index (χ2n) is 8.84. The SMILES string of the molecule is COc1ccc(C(=O)N2CCN(c3ccccc3Cl)CC2)cc1Oc1nc(Cc2ccc(C)cc2)ns1. The van der Waals surface area contributed by atoms with Gasteiger partial charge >= 0.3 is 0 Å². The lowest BCUT2D eigenvalue weighted by Crippen LogP contribution is -2.48. The number of aromatic nitrogens is 2. The van der Waals surface area contributed by atoms with Crippen molar-refractivity contribution in [2.24, 2.45) is 0 Å². The molecule has 2 heterocycles. The Balaban J connectivity index is 1.26. The molecule has 1 amide bonds. The Labute approximate surface area is 225 Å². The fourth-order valence-electron chi connectivity index (χ4n) is 4.26. The molecule has 0 atom stereocenters. The first-order chi connectivity index (χ1) is 18.0. The van der Waals surface area contributed by atoms with E-state index in [2.05, 4.69) is 45.4 Å². The molecule has 1 saturated heterocycles. The molecule has 0 spiro atoms. The molecule has 0 radical (unpaired) electrons. The van der Waals surface area contributed by atoms with Gasteiger partial charge in [0, 0.05) is 49.7 Å². The minimum absolute atomic E-state index is 0.0522. The predicted octanol–water partition coefficient (Wildman–Crippen LogP) is 5.85. The van der Waals surface area contributed by atoms with Gasteiger partial charge < -0.3 is 19.3 Å². The van der Waals surface area contributed by atoms with Crippen LogP contribution in [0.5, 0.6) is 16.7 Å². The molecular weight excluding hydrogens is 508 g/mol. The number of benzene rings is 3.